The summed E-state index contributed by atoms with van der Waals surface area (Å²) in [6, 6.07) is 12.2. The molecule has 0 aliphatic heterocycles. The molecule has 0 aromatic heterocycles. The van der Waals surface area contributed by atoms with Gasteiger partial charge in [-0.25, -0.2) is 0 Å². The van der Waals surface area contributed by atoms with Gasteiger partial charge in [0, 0.05) is 16.3 Å². The minimum Gasteiger partial charge on any atom is -0.375 e. The predicted molar refractivity (Wildman–Crippen MR) is 95.3 cm³/mol. The molecule has 0 spiro atoms. The van der Waals surface area contributed by atoms with Crippen molar-refractivity contribution in [1.82, 2.24) is 5.32 Å². The SMILES string of the molecule is C[C@@H](C#N)CSc1ccccc1NCC(=O)N[C@](C)(C#N)C1CC1. The van der Waals surface area contributed by atoms with Crippen LogP contribution in [0.4, 0.5) is 5.69 Å². The highest BCUT2D eigenvalue weighted by atomic mass is 32.2. The van der Waals surface area contributed by atoms with Crippen LogP contribution in [0, 0.1) is 34.5 Å². The molecule has 24 heavy (non-hydrogen) atoms. The first-order valence-corrected chi connectivity index (χ1v) is 9.04. The third-order valence-corrected chi connectivity index (χ3v) is 5.39. The van der Waals surface area contributed by atoms with Gasteiger partial charge in [0.25, 0.3) is 0 Å². The zero-order valence-corrected chi connectivity index (χ0v) is 14.8. The number of nitriles is 2. The van der Waals surface area contributed by atoms with Crippen molar-refractivity contribution >= 4 is 23.4 Å². The lowest BCUT2D eigenvalue weighted by Gasteiger charge is -2.23. The number of para-hydroxylation sites is 1. The van der Waals surface area contributed by atoms with Gasteiger partial charge in [-0.2, -0.15) is 10.5 Å². The van der Waals surface area contributed by atoms with Gasteiger partial charge >= 0.3 is 0 Å². The quantitative estimate of drug-likeness (QED) is 0.708. The minimum atomic E-state index is -0.769. The average Bonchev–Trinajstić information content (AvgIpc) is 3.43. The fraction of sp³-hybridized carbons (Fsp3) is 0.500. The molecule has 1 aliphatic rings. The molecule has 2 rings (SSSR count). The maximum absolute atomic E-state index is 12.2. The van der Waals surface area contributed by atoms with Crippen molar-refractivity contribution in [3.63, 3.8) is 0 Å². The monoisotopic (exact) mass is 342 g/mol. The van der Waals surface area contributed by atoms with E-state index in [1.54, 1.807) is 18.7 Å². The van der Waals surface area contributed by atoms with Crippen molar-refractivity contribution in [2.75, 3.05) is 17.6 Å². The van der Waals surface area contributed by atoms with Gasteiger partial charge in [-0.1, -0.05) is 12.1 Å². The van der Waals surface area contributed by atoms with Crippen LogP contribution in [0.25, 0.3) is 0 Å². The predicted octanol–water partition coefficient (Wildman–Crippen LogP) is 3.16. The number of nitrogens with zero attached hydrogens (tertiary/aromatic N) is 2. The Morgan fingerprint density at radius 2 is 2.12 bits per heavy atom. The zero-order chi connectivity index (χ0) is 17.6. The van der Waals surface area contributed by atoms with E-state index in [0.29, 0.717) is 5.75 Å². The number of carbonyl (C=O) groups excluding carboxylic acids is 1. The molecule has 0 saturated heterocycles. The number of amides is 1. The maximum atomic E-state index is 12.2. The lowest BCUT2D eigenvalue weighted by molar-refractivity contribution is -0.120. The number of anilines is 1. The van der Waals surface area contributed by atoms with E-state index >= 15 is 0 Å². The molecule has 1 aromatic rings. The molecule has 1 aliphatic carbocycles. The first-order chi connectivity index (χ1) is 11.5. The van der Waals surface area contributed by atoms with E-state index in [1.165, 1.54) is 0 Å². The topological polar surface area (TPSA) is 88.7 Å². The summed E-state index contributed by atoms with van der Waals surface area (Å²) in [5.41, 5.74) is 0.0998. The van der Waals surface area contributed by atoms with Crippen LogP contribution in [-0.2, 0) is 4.79 Å². The first kappa shape index (κ1) is 18.2. The lowest BCUT2D eigenvalue weighted by atomic mass is 9.98. The second-order valence-corrected chi connectivity index (χ2v) is 7.39. The largest absolute Gasteiger partial charge is 0.375 e. The van der Waals surface area contributed by atoms with E-state index < -0.39 is 5.54 Å². The number of hydrogen-bond acceptors (Lipinski definition) is 5. The summed E-state index contributed by atoms with van der Waals surface area (Å²) < 4.78 is 0. The zero-order valence-electron chi connectivity index (χ0n) is 14.0. The Hall–Kier alpha value is -2.18. The minimum absolute atomic E-state index is 0.0266. The van der Waals surface area contributed by atoms with Crippen LogP contribution in [0.15, 0.2) is 29.2 Å². The molecule has 1 saturated carbocycles. The molecule has 6 heteroatoms. The average molecular weight is 342 g/mol. The third-order valence-electron chi connectivity index (χ3n) is 4.06. The van der Waals surface area contributed by atoms with E-state index in [2.05, 4.69) is 22.8 Å². The first-order valence-electron chi connectivity index (χ1n) is 8.06. The van der Waals surface area contributed by atoms with E-state index in [0.717, 1.165) is 23.4 Å². The molecule has 0 radical (unpaired) electrons. The number of nitrogens with one attached hydrogen (secondary N) is 2. The molecule has 1 aromatic carbocycles. The summed E-state index contributed by atoms with van der Waals surface area (Å²) in [7, 11) is 0. The van der Waals surface area contributed by atoms with Gasteiger partial charge in [0.1, 0.15) is 5.54 Å². The summed E-state index contributed by atoms with van der Waals surface area (Å²) >= 11 is 1.59. The van der Waals surface area contributed by atoms with Crippen LogP contribution < -0.4 is 10.6 Å². The van der Waals surface area contributed by atoms with Crippen LogP contribution in [0.3, 0.4) is 0 Å². The molecule has 0 bridgehead atoms. The summed E-state index contributed by atoms with van der Waals surface area (Å²) in [4.78, 5) is 13.2. The fourth-order valence-electron chi connectivity index (χ4n) is 2.38. The Morgan fingerprint density at radius 3 is 2.75 bits per heavy atom. The molecule has 5 nitrogen and oxygen atoms in total. The normalized spacial score (nSPS) is 17.0. The van der Waals surface area contributed by atoms with Crippen LogP contribution >= 0.6 is 11.8 Å². The second-order valence-electron chi connectivity index (χ2n) is 6.33. The van der Waals surface area contributed by atoms with Gasteiger partial charge < -0.3 is 10.6 Å². The Bertz CT molecular complexity index is 674. The smallest absolute Gasteiger partial charge is 0.240 e. The van der Waals surface area contributed by atoms with Gasteiger partial charge in [-0.15, -0.1) is 11.8 Å². The highest BCUT2D eigenvalue weighted by molar-refractivity contribution is 7.99. The standard InChI is InChI=1S/C18H22N4OS/c1-13(9-19)11-24-16-6-4-3-5-15(16)21-10-17(23)22-18(2,12-20)14-7-8-14/h3-6,13-14,21H,7-8,10-11H2,1-2H3,(H,22,23)/t13-,18+/m0/s1. The Labute approximate surface area is 147 Å². The van der Waals surface area contributed by atoms with Crippen LogP contribution in [0.5, 0.6) is 0 Å². The van der Waals surface area contributed by atoms with Gasteiger partial charge in [0.15, 0.2) is 0 Å². The molecule has 2 N–H and O–H groups in total. The summed E-state index contributed by atoms with van der Waals surface area (Å²) in [5, 5.41) is 24.2. The molecule has 1 fully saturated rings. The highest BCUT2D eigenvalue weighted by Crippen LogP contribution is 2.39. The summed E-state index contributed by atoms with van der Waals surface area (Å²) in [5.74, 6) is 0.759. The number of benzene rings is 1. The van der Waals surface area contributed by atoms with Gasteiger partial charge in [0.05, 0.1) is 24.6 Å². The molecular formula is C18H22N4OS. The Morgan fingerprint density at radius 1 is 1.42 bits per heavy atom. The Balaban J connectivity index is 1.91. The number of rotatable bonds is 8. The highest BCUT2D eigenvalue weighted by Gasteiger charge is 2.42. The molecular weight excluding hydrogens is 320 g/mol. The van der Waals surface area contributed by atoms with Gasteiger partial charge in [-0.05, 0) is 44.7 Å². The number of hydrogen-bond donors (Lipinski definition) is 2. The van der Waals surface area contributed by atoms with Crippen molar-refractivity contribution < 1.29 is 4.79 Å². The van der Waals surface area contributed by atoms with Crippen LogP contribution in [0.1, 0.15) is 26.7 Å². The van der Waals surface area contributed by atoms with Crippen molar-refractivity contribution in [2.24, 2.45) is 11.8 Å². The second kappa shape index (κ2) is 8.08. The number of carbonyl (C=O) groups is 1. The van der Waals surface area contributed by atoms with Crippen molar-refractivity contribution in [1.29, 1.82) is 10.5 Å². The molecule has 2 atom stereocenters. The third kappa shape index (κ3) is 4.91. The van der Waals surface area contributed by atoms with E-state index in [1.807, 2.05) is 31.2 Å². The lowest BCUT2D eigenvalue weighted by Crippen LogP contribution is -2.48. The molecule has 1 amide bonds. The molecule has 0 unspecified atom stereocenters. The van der Waals surface area contributed by atoms with E-state index in [4.69, 9.17) is 5.26 Å². The van der Waals surface area contributed by atoms with Crippen molar-refractivity contribution in [3.05, 3.63) is 24.3 Å². The van der Waals surface area contributed by atoms with Crippen molar-refractivity contribution in [3.8, 4) is 12.1 Å². The Kier molecular flexibility index (Phi) is 6.11. The summed E-state index contributed by atoms with van der Waals surface area (Å²) in [6.45, 7) is 3.79. The molecule has 126 valence electrons. The van der Waals surface area contributed by atoms with E-state index in [9.17, 15) is 10.1 Å². The van der Waals surface area contributed by atoms with E-state index in [-0.39, 0.29) is 24.3 Å². The summed E-state index contributed by atoms with van der Waals surface area (Å²) in [6.07, 6.45) is 1.99. The van der Waals surface area contributed by atoms with Gasteiger partial charge in [0.2, 0.25) is 5.91 Å². The maximum Gasteiger partial charge on any atom is 0.240 e. The van der Waals surface area contributed by atoms with Crippen molar-refractivity contribution in [2.45, 2.75) is 37.1 Å². The fourth-order valence-corrected chi connectivity index (χ4v) is 3.36. The van der Waals surface area contributed by atoms with Crippen LogP contribution in [0.2, 0.25) is 0 Å². The van der Waals surface area contributed by atoms with Gasteiger partial charge in [-0.3, -0.25) is 4.79 Å². The molecule has 0 heterocycles. The van der Waals surface area contributed by atoms with Crippen LogP contribution in [-0.4, -0.2) is 23.7 Å². The number of thioether (sulfide) groups is 1.